The number of aryl methyl sites for hydroxylation is 1. The molecule has 0 fully saturated rings. The van der Waals surface area contributed by atoms with E-state index in [1.165, 1.54) is 0 Å². The molecule has 5 nitrogen and oxygen atoms in total. The summed E-state index contributed by atoms with van der Waals surface area (Å²) >= 11 is 0. The van der Waals surface area contributed by atoms with Crippen LogP contribution >= 0.6 is 0 Å². The average Bonchev–Trinajstić information content (AvgIpc) is 2.55. The van der Waals surface area contributed by atoms with Crippen LogP contribution in [0.25, 0.3) is 0 Å². The van der Waals surface area contributed by atoms with E-state index in [9.17, 15) is 13.2 Å². The van der Waals surface area contributed by atoms with Crippen LogP contribution in [-0.2, 0) is 10.0 Å². The lowest BCUT2D eigenvalue weighted by Crippen LogP contribution is -2.31. The average molecular weight is 346 g/mol. The van der Waals surface area contributed by atoms with E-state index < -0.39 is 10.0 Å². The smallest absolute Gasteiger partial charge is 0.261 e. The van der Waals surface area contributed by atoms with Crippen molar-refractivity contribution in [2.24, 2.45) is 0 Å². The third kappa shape index (κ3) is 4.58. The number of rotatable bonds is 6. The van der Waals surface area contributed by atoms with Gasteiger partial charge in [-0.2, -0.15) is 0 Å². The summed E-state index contributed by atoms with van der Waals surface area (Å²) in [7, 11) is -3.64. The second-order valence-electron chi connectivity index (χ2n) is 5.78. The Morgan fingerprint density at radius 3 is 2.17 bits per heavy atom. The van der Waals surface area contributed by atoms with Crippen molar-refractivity contribution in [3.05, 3.63) is 59.7 Å². The first-order chi connectivity index (χ1) is 11.3. The molecule has 0 aliphatic carbocycles. The number of hydrogen-bond donors (Lipinski definition) is 2. The lowest BCUT2D eigenvalue weighted by atomic mass is 10.1. The Labute approximate surface area is 143 Å². The van der Waals surface area contributed by atoms with Gasteiger partial charge in [-0.3, -0.25) is 9.52 Å². The van der Waals surface area contributed by atoms with Gasteiger partial charge in [-0.05, 0) is 56.7 Å². The summed E-state index contributed by atoms with van der Waals surface area (Å²) in [5.41, 5.74) is 1.90. The van der Waals surface area contributed by atoms with Crippen molar-refractivity contribution in [2.45, 2.75) is 38.1 Å². The van der Waals surface area contributed by atoms with Crippen LogP contribution in [0.4, 0.5) is 5.69 Å². The van der Waals surface area contributed by atoms with Gasteiger partial charge in [-0.25, -0.2) is 8.42 Å². The zero-order chi connectivity index (χ0) is 17.7. The van der Waals surface area contributed by atoms with Crippen LogP contribution in [0.5, 0.6) is 0 Å². The van der Waals surface area contributed by atoms with Gasteiger partial charge in [0.2, 0.25) is 0 Å². The van der Waals surface area contributed by atoms with Crippen LogP contribution in [0.2, 0.25) is 0 Å². The van der Waals surface area contributed by atoms with E-state index in [0.29, 0.717) is 11.3 Å². The van der Waals surface area contributed by atoms with Gasteiger partial charge in [-0.15, -0.1) is 0 Å². The molecular weight excluding hydrogens is 324 g/mol. The molecule has 6 heteroatoms. The van der Waals surface area contributed by atoms with E-state index in [-0.39, 0.29) is 16.8 Å². The van der Waals surface area contributed by atoms with Crippen molar-refractivity contribution in [2.75, 3.05) is 4.72 Å². The Kier molecular flexibility index (Phi) is 5.62. The van der Waals surface area contributed by atoms with Crippen molar-refractivity contribution < 1.29 is 13.2 Å². The molecule has 0 heterocycles. The fourth-order valence-electron chi connectivity index (χ4n) is 2.03. The molecule has 0 aliphatic rings. The Morgan fingerprint density at radius 2 is 1.62 bits per heavy atom. The van der Waals surface area contributed by atoms with E-state index in [0.717, 1.165) is 12.0 Å². The van der Waals surface area contributed by atoms with Gasteiger partial charge in [0.1, 0.15) is 0 Å². The molecule has 24 heavy (non-hydrogen) atoms. The van der Waals surface area contributed by atoms with E-state index in [1.807, 2.05) is 20.8 Å². The minimum atomic E-state index is -3.64. The monoisotopic (exact) mass is 346 g/mol. The largest absolute Gasteiger partial charge is 0.350 e. The third-order valence-electron chi connectivity index (χ3n) is 3.72. The number of carbonyl (C=O) groups is 1. The van der Waals surface area contributed by atoms with E-state index >= 15 is 0 Å². The summed E-state index contributed by atoms with van der Waals surface area (Å²) in [6.45, 7) is 5.82. The van der Waals surface area contributed by atoms with Gasteiger partial charge in [0.25, 0.3) is 15.9 Å². The molecule has 0 unspecified atom stereocenters. The molecule has 0 bridgehead atoms. The highest BCUT2D eigenvalue weighted by atomic mass is 32.2. The van der Waals surface area contributed by atoms with Gasteiger partial charge >= 0.3 is 0 Å². The zero-order valence-electron chi connectivity index (χ0n) is 14.0. The van der Waals surface area contributed by atoms with Crippen LogP contribution in [0, 0.1) is 6.92 Å². The predicted octanol–water partition coefficient (Wildman–Crippen LogP) is 3.32. The third-order valence-corrected chi connectivity index (χ3v) is 5.12. The first-order valence-corrected chi connectivity index (χ1v) is 9.30. The zero-order valence-corrected chi connectivity index (χ0v) is 14.9. The topological polar surface area (TPSA) is 75.3 Å². The van der Waals surface area contributed by atoms with Crippen LogP contribution in [-0.4, -0.2) is 20.4 Å². The van der Waals surface area contributed by atoms with Crippen molar-refractivity contribution in [3.8, 4) is 0 Å². The standard InChI is InChI=1S/C18H22N2O3S/c1-4-14(3)19-18(21)15-7-9-16(10-8-15)20-24(22,23)17-11-5-13(2)6-12-17/h5-12,14,20H,4H2,1-3H3,(H,19,21)/t14-/m1/s1. The maximum Gasteiger partial charge on any atom is 0.261 e. The fraction of sp³-hybridized carbons (Fsp3) is 0.278. The number of benzene rings is 2. The predicted molar refractivity (Wildman–Crippen MR) is 95.6 cm³/mol. The van der Waals surface area contributed by atoms with E-state index in [4.69, 9.17) is 0 Å². The van der Waals surface area contributed by atoms with Crippen LogP contribution in [0.3, 0.4) is 0 Å². The summed E-state index contributed by atoms with van der Waals surface area (Å²) < 4.78 is 27.2. The molecule has 0 aromatic heterocycles. The lowest BCUT2D eigenvalue weighted by Gasteiger charge is -2.12. The molecule has 2 N–H and O–H groups in total. The second kappa shape index (κ2) is 7.49. The number of nitrogens with one attached hydrogen (secondary N) is 2. The van der Waals surface area contributed by atoms with Crippen LogP contribution in [0.1, 0.15) is 36.2 Å². The van der Waals surface area contributed by atoms with Gasteiger partial charge < -0.3 is 5.32 Å². The highest BCUT2D eigenvalue weighted by Crippen LogP contribution is 2.17. The Morgan fingerprint density at radius 1 is 1.04 bits per heavy atom. The fourth-order valence-corrected chi connectivity index (χ4v) is 3.09. The van der Waals surface area contributed by atoms with Gasteiger partial charge in [0, 0.05) is 17.3 Å². The first-order valence-electron chi connectivity index (χ1n) is 7.82. The summed E-state index contributed by atoms with van der Waals surface area (Å²) in [5.74, 6) is -0.169. The number of anilines is 1. The minimum absolute atomic E-state index is 0.0946. The molecule has 0 spiro atoms. The Balaban J connectivity index is 2.11. The van der Waals surface area contributed by atoms with Crippen molar-refractivity contribution in [3.63, 3.8) is 0 Å². The van der Waals surface area contributed by atoms with Gasteiger partial charge in [-0.1, -0.05) is 24.6 Å². The van der Waals surface area contributed by atoms with Crippen LogP contribution in [0.15, 0.2) is 53.4 Å². The number of carbonyl (C=O) groups excluding carboxylic acids is 1. The van der Waals surface area contributed by atoms with Crippen LogP contribution < -0.4 is 10.0 Å². The SMILES string of the molecule is CC[C@@H](C)NC(=O)c1ccc(NS(=O)(=O)c2ccc(C)cc2)cc1. The van der Waals surface area contributed by atoms with Crippen molar-refractivity contribution in [1.29, 1.82) is 0 Å². The van der Waals surface area contributed by atoms with Gasteiger partial charge in [0.05, 0.1) is 4.90 Å². The molecule has 0 radical (unpaired) electrons. The molecular formula is C18H22N2O3S. The molecule has 1 atom stereocenters. The molecule has 0 saturated carbocycles. The quantitative estimate of drug-likeness (QED) is 0.842. The maximum absolute atomic E-state index is 12.3. The molecule has 2 rings (SSSR count). The number of hydrogen-bond acceptors (Lipinski definition) is 3. The summed E-state index contributed by atoms with van der Waals surface area (Å²) in [4.78, 5) is 12.2. The molecule has 128 valence electrons. The van der Waals surface area contributed by atoms with Crippen molar-refractivity contribution in [1.82, 2.24) is 5.32 Å². The normalized spacial score (nSPS) is 12.5. The highest BCUT2D eigenvalue weighted by molar-refractivity contribution is 7.92. The Hall–Kier alpha value is -2.34. The molecule has 2 aromatic carbocycles. The number of sulfonamides is 1. The second-order valence-corrected chi connectivity index (χ2v) is 7.46. The molecule has 0 aliphatic heterocycles. The highest BCUT2D eigenvalue weighted by Gasteiger charge is 2.14. The summed E-state index contributed by atoms with van der Waals surface area (Å²) in [6.07, 6.45) is 0.847. The van der Waals surface area contributed by atoms with E-state index in [2.05, 4.69) is 10.0 Å². The lowest BCUT2D eigenvalue weighted by molar-refractivity contribution is 0.0939. The molecule has 2 aromatic rings. The van der Waals surface area contributed by atoms with Crippen molar-refractivity contribution >= 4 is 21.6 Å². The van der Waals surface area contributed by atoms with E-state index in [1.54, 1.807) is 48.5 Å². The molecule has 1 amide bonds. The first kappa shape index (κ1) is 18.0. The number of amides is 1. The summed E-state index contributed by atoms with van der Waals surface area (Å²) in [5, 5.41) is 2.87. The Bertz CT molecular complexity index is 797. The summed E-state index contributed by atoms with van der Waals surface area (Å²) in [6, 6.07) is 13.1. The van der Waals surface area contributed by atoms with Gasteiger partial charge in [0.15, 0.2) is 0 Å². The molecule has 0 saturated heterocycles. The maximum atomic E-state index is 12.3. The minimum Gasteiger partial charge on any atom is -0.350 e.